The van der Waals surface area contributed by atoms with E-state index in [2.05, 4.69) is 15.6 Å². The van der Waals surface area contributed by atoms with E-state index in [9.17, 15) is 9.59 Å². The zero-order valence-electron chi connectivity index (χ0n) is 16.1. The van der Waals surface area contributed by atoms with Crippen LogP contribution in [0, 0.1) is 13.8 Å². The second-order valence-corrected chi connectivity index (χ2v) is 6.81. The first-order valence-electron chi connectivity index (χ1n) is 9.25. The Hall–Kier alpha value is -3.93. The summed E-state index contributed by atoms with van der Waals surface area (Å²) in [5.41, 5.74) is 4.33. The van der Waals surface area contributed by atoms with E-state index in [-0.39, 0.29) is 23.3 Å². The maximum absolute atomic E-state index is 12.9. The summed E-state index contributed by atoms with van der Waals surface area (Å²) >= 11 is 0. The number of amides is 2. The molecule has 0 atom stereocenters. The van der Waals surface area contributed by atoms with Crippen LogP contribution < -0.4 is 10.6 Å². The van der Waals surface area contributed by atoms with Crippen LogP contribution in [-0.4, -0.2) is 21.2 Å². The summed E-state index contributed by atoms with van der Waals surface area (Å²) in [7, 11) is 0. The van der Waals surface area contributed by atoms with Crippen molar-refractivity contribution in [2.24, 2.45) is 0 Å². The van der Waals surface area contributed by atoms with Gasteiger partial charge in [0.1, 0.15) is 0 Å². The molecule has 2 heterocycles. The third kappa shape index (κ3) is 3.73. The SMILES string of the molecule is Cc1ccc(NC(=O)c2nc(C(=O)Nc3ccccc3)n3ccccc23)cc1C. The van der Waals surface area contributed by atoms with Gasteiger partial charge >= 0.3 is 0 Å². The van der Waals surface area contributed by atoms with Gasteiger partial charge in [-0.2, -0.15) is 0 Å². The van der Waals surface area contributed by atoms with Crippen molar-refractivity contribution in [3.05, 3.63) is 95.6 Å². The Balaban J connectivity index is 1.67. The van der Waals surface area contributed by atoms with E-state index in [4.69, 9.17) is 0 Å². The van der Waals surface area contributed by atoms with Gasteiger partial charge in [-0.1, -0.05) is 30.3 Å². The largest absolute Gasteiger partial charge is 0.321 e. The number of nitrogens with zero attached hydrogens (tertiary/aromatic N) is 2. The van der Waals surface area contributed by atoms with E-state index in [0.29, 0.717) is 16.9 Å². The van der Waals surface area contributed by atoms with Crippen molar-refractivity contribution >= 4 is 28.7 Å². The van der Waals surface area contributed by atoms with Crippen LogP contribution >= 0.6 is 0 Å². The molecule has 0 spiro atoms. The minimum atomic E-state index is -0.386. The van der Waals surface area contributed by atoms with Crippen LogP contribution in [0.1, 0.15) is 32.2 Å². The number of carbonyl (C=O) groups excluding carboxylic acids is 2. The minimum absolute atomic E-state index is 0.148. The Kier molecular flexibility index (Phi) is 4.83. The van der Waals surface area contributed by atoms with E-state index in [1.807, 2.05) is 56.3 Å². The van der Waals surface area contributed by atoms with Gasteiger partial charge in [0.15, 0.2) is 5.69 Å². The monoisotopic (exact) mass is 384 g/mol. The summed E-state index contributed by atoms with van der Waals surface area (Å²) in [5.74, 6) is -0.604. The summed E-state index contributed by atoms with van der Waals surface area (Å²) in [6.07, 6.45) is 1.72. The molecule has 4 rings (SSSR count). The molecule has 2 N–H and O–H groups in total. The molecular weight excluding hydrogens is 364 g/mol. The van der Waals surface area contributed by atoms with E-state index in [1.54, 1.807) is 34.9 Å². The van der Waals surface area contributed by atoms with Gasteiger partial charge in [0.25, 0.3) is 11.8 Å². The predicted octanol–water partition coefficient (Wildman–Crippen LogP) is 4.46. The molecule has 0 bridgehead atoms. The number of fused-ring (bicyclic) bond motifs is 1. The summed E-state index contributed by atoms with van der Waals surface area (Å²) < 4.78 is 1.62. The number of anilines is 2. The normalized spacial score (nSPS) is 10.7. The van der Waals surface area contributed by atoms with Gasteiger partial charge in [-0.05, 0) is 61.4 Å². The van der Waals surface area contributed by atoms with Crippen molar-refractivity contribution in [2.75, 3.05) is 10.6 Å². The van der Waals surface area contributed by atoms with Gasteiger partial charge in [-0.15, -0.1) is 0 Å². The number of carbonyl (C=O) groups is 2. The van der Waals surface area contributed by atoms with Crippen molar-refractivity contribution in [1.82, 2.24) is 9.38 Å². The van der Waals surface area contributed by atoms with Crippen molar-refractivity contribution in [3.63, 3.8) is 0 Å². The lowest BCUT2D eigenvalue weighted by molar-refractivity contribution is 0.101. The molecule has 0 fully saturated rings. The van der Waals surface area contributed by atoms with Gasteiger partial charge in [0.05, 0.1) is 5.52 Å². The average Bonchev–Trinajstić information content (AvgIpc) is 3.11. The number of rotatable bonds is 4. The number of imidazole rings is 1. The first-order chi connectivity index (χ1) is 14.0. The Morgan fingerprint density at radius 3 is 2.28 bits per heavy atom. The molecule has 2 aromatic carbocycles. The van der Waals surface area contributed by atoms with Crippen LogP contribution in [0.15, 0.2) is 72.9 Å². The molecular formula is C23H20N4O2. The number of nitrogens with one attached hydrogen (secondary N) is 2. The second kappa shape index (κ2) is 7.59. The quantitative estimate of drug-likeness (QED) is 0.546. The number of para-hydroxylation sites is 1. The fraction of sp³-hybridized carbons (Fsp3) is 0.0870. The fourth-order valence-electron chi connectivity index (χ4n) is 3.08. The highest BCUT2D eigenvalue weighted by Gasteiger charge is 2.21. The van der Waals surface area contributed by atoms with Crippen LogP contribution in [0.25, 0.3) is 5.52 Å². The molecule has 144 valence electrons. The molecule has 0 aliphatic carbocycles. The molecule has 0 radical (unpaired) electrons. The molecule has 0 aliphatic heterocycles. The van der Waals surface area contributed by atoms with E-state index >= 15 is 0 Å². The van der Waals surface area contributed by atoms with Gasteiger partial charge in [-0.25, -0.2) is 4.98 Å². The maximum Gasteiger partial charge on any atom is 0.292 e. The predicted molar refractivity (Wildman–Crippen MR) is 113 cm³/mol. The first-order valence-corrected chi connectivity index (χ1v) is 9.25. The topological polar surface area (TPSA) is 75.5 Å². The summed E-state index contributed by atoms with van der Waals surface area (Å²) in [4.78, 5) is 30.0. The highest BCUT2D eigenvalue weighted by Crippen LogP contribution is 2.19. The molecule has 0 saturated carbocycles. The number of benzene rings is 2. The third-order valence-corrected chi connectivity index (χ3v) is 4.76. The molecule has 2 aromatic heterocycles. The summed E-state index contributed by atoms with van der Waals surface area (Å²) in [6, 6.07) is 20.2. The van der Waals surface area contributed by atoms with Gasteiger partial charge in [-0.3, -0.25) is 14.0 Å². The molecule has 0 saturated heterocycles. The molecule has 4 aromatic rings. The summed E-state index contributed by atoms with van der Waals surface area (Å²) in [5, 5.41) is 5.69. The number of pyridine rings is 1. The molecule has 0 unspecified atom stereocenters. The Labute approximate surface area is 168 Å². The molecule has 6 heteroatoms. The van der Waals surface area contributed by atoms with Crippen molar-refractivity contribution in [3.8, 4) is 0 Å². The van der Waals surface area contributed by atoms with Crippen molar-refractivity contribution < 1.29 is 9.59 Å². The number of hydrogen-bond donors (Lipinski definition) is 2. The number of hydrogen-bond acceptors (Lipinski definition) is 3. The first kappa shape index (κ1) is 18.4. The van der Waals surface area contributed by atoms with Gasteiger partial charge < -0.3 is 10.6 Å². The Morgan fingerprint density at radius 2 is 1.52 bits per heavy atom. The lowest BCUT2D eigenvalue weighted by atomic mass is 10.1. The van der Waals surface area contributed by atoms with Crippen molar-refractivity contribution in [1.29, 1.82) is 0 Å². The zero-order valence-corrected chi connectivity index (χ0v) is 16.1. The average molecular weight is 384 g/mol. The lowest BCUT2D eigenvalue weighted by Crippen LogP contribution is -2.16. The molecule has 0 aliphatic rings. The van der Waals surface area contributed by atoms with Gasteiger partial charge in [0.2, 0.25) is 5.82 Å². The third-order valence-electron chi connectivity index (χ3n) is 4.76. The highest BCUT2D eigenvalue weighted by atomic mass is 16.2. The highest BCUT2D eigenvalue weighted by molar-refractivity contribution is 6.10. The van der Waals surface area contributed by atoms with Crippen LogP contribution in [0.4, 0.5) is 11.4 Å². The number of aromatic nitrogens is 2. The molecule has 6 nitrogen and oxygen atoms in total. The van der Waals surface area contributed by atoms with Crippen molar-refractivity contribution in [2.45, 2.75) is 13.8 Å². The zero-order chi connectivity index (χ0) is 20.4. The standard InChI is InChI=1S/C23H20N4O2/c1-15-11-12-18(14-16(15)2)25-22(28)20-19-10-6-7-13-27(19)21(26-20)23(29)24-17-8-4-3-5-9-17/h3-14H,1-2H3,(H,24,29)(H,25,28). The van der Waals surface area contributed by atoms with E-state index in [1.165, 1.54) is 0 Å². The lowest BCUT2D eigenvalue weighted by Gasteiger charge is -2.06. The molecule has 2 amide bonds. The van der Waals surface area contributed by atoms with Crippen LogP contribution in [0.3, 0.4) is 0 Å². The molecule has 29 heavy (non-hydrogen) atoms. The Bertz CT molecular complexity index is 1210. The smallest absolute Gasteiger partial charge is 0.292 e. The second-order valence-electron chi connectivity index (χ2n) is 6.81. The maximum atomic E-state index is 12.9. The van der Waals surface area contributed by atoms with Crippen LogP contribution in [0.5, 0.6) is 0 Å². The van der Waals surface area contributed by atoms with Crippen LogP contribution in [0.2, 0.25) is 0 Å². The van der Waals surface area contributed by atoms with Gasteiger partial charge in [0, 0.05) is 17.6 Å². The van der Waals surface area contributed by atoms with E-state index < -0.39 is 0 Å². The van der Waals surface area contributed by atoms with Crippen LogP contribution in [-0.2, 0) is 0 Å². The van der Waals surface area contributed by atoms with E-state index in [0.717, 1.165) is 11.1 Å². The summed E-state index contributed by atoms with van der Waals surface area (Å²) in [6.45, 7) is 4.00. The minimum Gasteiger partial charge on any atom is -0.321 e. The number of aryl methyl sites for hydroxylation is 2. The fourth-order valence-corrected chi connectivity index (χ4v) is 3.08. The Morgan fingerprint density at radius 1 is 0.793 bits per heavy atom.